The molecule has 0 saturated heterocycles. The summed E-state index contributed by atoms with van der Waals surface area (Å²) in [6.45, 7) is 3.86. The van der Waals surface area contributed by atoms with Gasteiger partial charge >= 0.3 is 0 Å². The summed E-state index contributed by atoms with van der Waals surface area (Å²) in [4.78, 5) is 0. The van der Waals surface area contributed by atoms with Crippen LogP contribution in [0.15, 0.2) is 64.9 Å². The predicted molar refractivity (Wildman–Crippen MR) is 132 cm³/mol. The summed E-state index contributed by atoms with van der Waals surface area (Å²) in [5, 5.41) is 12.3. The van der Waals surface area contributed by atoms with Crippen molar-refractivity contribution in [3.63, 3.8) is 0 Å². The summed E-state index contributed by atoms with van der Waals surface area (Å²) in [6, 6.07) is 16.1. The predicted octanol–water partition coefficient (Wildman–Crippen LogP) is 5.05. The SMILES string of the molecule is CCC(C)C(NS(=O)(=O)c1ccc(Cl)s1)C(O)(c1ccc(OC)cc1)c1ccc(OC)cc1. The minimum atomic E-state index is -3.94. The van der Waals surface area contributed by atoms with Gasteiger partial charge in [0.25, 0.3) is 0 Å². The highest BCUT2D eigenvalue weighted by Crippen LogP contribution is 2.39. The quantitative estimate of drug-likeness (QED) is 0.399. The molecule has 3 aromatic rings. The normalized spacial score (nSPS) is 14.0. The fourth-order valence-electron chi connectivity index (χ4n) is 3.73. The zero-order chi connectivity index (χ0) is 24.2. The van der Waals surface area contributed by atoms with Crippen LogP contribution in [0.1, 0.15) is 31.4 Å². The molecule has 0 radical (unpaired) electrons. The Bertz CT molecular complexity index is 1110. The molecule has 0 aliphatic carbocycles. The molecule has 2 aromatic carbocycles. The van der Waals surface area contributed by atoms with E-state index in [4.69, 9.17) is 21.1 Å². The fourth-order valence-corrected chi connectivity index (χ4v) is 6.60. The Kier molecular flexibility index (Phi) is 8.08. The van der Waals surface area contributed by atoms with Crippen molar-refractivity contribution in [2.24, 2.45) is 5.92 Å². The zero-order valence-corrected chi connectivity index (χ0v) is 21.3. The standard InChI is InChI=1S/C24H28ClNO5S2/c1-5-16(2)23(26-33(28,29)22-15-14-21(25)32-22)24(27,17-6-10-19(30-3)11-7-17)18-8-12-20(31-4)13-9-18/h6-16,23,26-27H,5H2,1-4H3. The zero-order valence-electron chi connectivity index (χ0n) is 18.9. The van der Waals surface area contributed by atoms with E-state index in [1.165, 1.54) is 12.1 Å². The van der Waals surface area contributed by atoms with Crippen LogP contribution in [0.4, 0.5) is 0 Å². The number of hydrogen-bond donors (Lipinski definition) is 2. The number of hydrogen-bond acceptors (Lipinski definition) is 6. The van der Waals surface area contributed by atoms with Gasteiger partial charge in [0, 0.05) is 0 Å². The van der Waals surface area contributed by atoms with E-state index in [0.717, 1.165) is 11.3 Å². The Morgan fingerprint density at radius 3 is 1.82 bits per heavy atom. The number of sulfonamides is 1. The van der Waals surface area contributed by atoms with Crippen LogP contribution in [0.2, 0.25) is 4.34 Å². The first-order valence-corrected chi connectivity index (χ1v) is 13.1. The van der Waals surface area contributed by atoms with Gasteiger partial charge in [-0.2, -0.15) is 0 Å². The molecule has 178 valence electrons. The number of benzene rings is 2. The maximum Gasteiger partial charge on any atom is 0.250 e. The molecule has 1 heterocycles. The molecule has 3 rings (SSSR count). The van der Waals surface area contributed by atoms with Gasteiger partial charge in [-0.25, -0.2) is 13.1 Å². The second-order valence-electron chi connectivity index (χ2n) is 7.77. The topological polar surface area (TPSA) is 84.9 Å². The van der Waals surface area contributed by atoms with E-state index in [2.05, 4.69) is 4.72 Å². The van der Waals surface area contributed by atoms with Gasteiger partial charge in [-0.3, -0.25) is 0 Å². The molecule has 0 fully saturated rings. The van der Waals surface area contributed by atoms with Gasteiger partial charge in [0.1, 0.15) is 21.3 Å². The lowest BCUT2D eigenvalue weighted by Crippen LogP contribution is -2.54. The minimum Gasteiger partial charge on any atom is -0.497 e. The Hall–Kier alpha value is -2.10. The Labute approximate surface area is 204 Å². The lowest BCUT2D eigenvalue weighted by molar-refractivity contribution is 0.0246. The van der Waals surface area contributed by atoms with Crippen LogP contribution in [0, 0.1) is 5.92 Å². The summed E-state index contributed by atoms with van der Waals surface area (Å²) in [5.74, 6) is 1.04. The van der Waals surface area contributed by atoms with Crippen LogP contribution in [0.5, 0.6) is 11.5 Å². The minimum absolute atomic E-state index is 0.0904. The molecule has 0 bridgehead atoms. The molecule has 2 N–H and O–H groups in total. The Balaban J connectivity index is 2.18. The first-order valence-electron chi connectivity index (χ1n) is 10.4. The lowest BCUT2D eigenvalue weighted by Gasteiger charge is -2.40. The van der Waals surface area contributed by atoms with Crippen LogP contribution >= 0.6 is 22.9 Å². The molecule has 33 heavy (non-hydrogen) atoms. The van der Waals surface area contributed by atoms with Crippen molar-refractivity contribution in [3.05, 3.63) is 76.1 Å². The average molecular weight is 510 g/mol. The maximum absolute atomic E-state index is 13.3. The molecule has 0 saturated carbocycles. The van der Waals surface area contributed by atoms with E-state index in [-0.39, 0.29) is 10.1 Å². The van der Waals surface area contributed by atoms with E-state index in [1.807, 2.05) is 13.8 Å². The first-order chi connectivity index (χ1) is 15.6. The molecule has 9 heteroatoms. The van der Waals surface area contributed by atoms with Crippen molar-refractivity contribution in [2.75, 3.05) is 14.2 Å². The van der Waals surface area contributed by atoms with E-state index < -0.39 is 21.7 Å². The summed E-state index contributed by atoms with van der Waals surface area (Å²) in [5.41, 5.74) is -0.612. The number of thiophene rings is 1. The van der Waals surface area contributed by atoms with Crippen molar-refractivity contribution in [1.29, 1.82) is 0 Å². The third kappa shape index (κ3) is 5.36. The fraction of sp³-hybridized carbons (Fsp3) is 0.333. The van der Waals surface area contributed by atoms with Crippen molar-refractivity contribution in [2.45, 2.75) is 36.1 Å². The summed E-state index contributed by atoms with van der Waals surface area (Å²) < 4.78 is 40.3. The summed E-state index contributed by atoms with van der Waals surface area (Å²) >= 11 is 6.95. The lowest BCUT2D eigenvalue weighted by atomic mass is 9.75. The van der Waals surface area contributed by atoms with E-state index in [1.54, 1.807) is 62.8 Å². The molecule has 0 aliphatic rings. The molecule has 2 atom stereocenters. The second-order valence-corrected chi connectivity index (χ2v) is 11.4. The van der Waals surface area contributed by atoms with Gasteiger partial charge in [0.2, 0.25) is 10.0 Å². The molecule has 2 unspecified atom stereocenters. The average Bonchev–Trinajstić information content (AvgIpc) is 3.29. The van der Waals surface area contributed by atoms with Gasteiger partial charge in [0.15, 0.2) is 0 Å². The largest absolute Gasteiger partial charge is 0.497 e. The molecular weight excluding hydrogens is 482 g/mol. The summed E-state index contributed by atoms with van der Waals surface area (Å²) in [6.07, 6.45) is 0.632. The molecular formula is C24H28ClNO5S2. The Morgan fingerprint density at radius 1 is 0.970 bits per heavy atom. The summed E-state index contributed by atoms with van der Waals surface area (Å²) in [7, 11) is -0.819. The monoisotopic (exact) mass is 509 g/mol. The van der Waals surface area contributed by atoms with Crippen molar-refractivity contribution >= 4 is 33.0 Å². The number of aliphatic hydroxyl groups is 1. The van der Waals surface area contributed by atoms with Gasteiger partial charge < -0.3 is 14.6 Å². The second kappa shape index (κ2) is 10.4. The number of nitrogens with one attached hydrogen (secondary N) is 1. The molecule has 0 spiro atoms. The van der Waals surface area contributed by atoms with Crippen LogP contribution in [0.25, 0.3) is 0 Å². The molecule has 0 aliphatic heterocycles. The Morgan fingerprint density at radius 2 is 1.45 bits per heavy atom. The van der Waals surface area contributed by atoms with E-state index in [0.29, 0.717) is 33.4 Å². The third-order valence-electron chi connectivity index (χ3n) is 5.82. The molecule has 0 amide bonds. The molecule has 6 nitrogen and oxygen atoms in total. The van der Waals surface area contributed by atoms with Crippen molar-refractivity contribution in [1.82, 2.24) is 4.72 Å². The van der Waals surface area contributed by atoms with Crippen LogP contribution in [0.3, 0.4) is 0 Å². The maximum atomic E-state index is 13.3. The van der Waals surface area contributed by atoms with Crippen molar-refractivity contribution in [3.8, 4) is 11.5 Å². The highest BCUT2D eigenvalue weighted by molar-refractivity contribution is 7.91. The van der Waals surface area contributed by atoms with E-state index >= 15 is 0 Å². The van der Waals surface area contributed by atoms with Crippen LogP contribution in [-0.2, 0) is 15.6 Å². The van der Waals surface area contributed by atoms with E-state index in [9.17, 15) is 13.5 Å². The van der Waals surface area contributed by atoms with Gasteiger partial charge in [-0.1, -0.05) is 56.1 Å². The first kappa shape index (κ1) is 25.5. The van der Waals surface area contributed by atoms with Crippen molar-refractivity contribution < 1.29 is 23.0 Å². The van der Waals surface area contributed by atoms with Gasteiger partial charge in [-0.15, -0.1) is 11.3 Å². The van der Waals surface area contributed by atoms with Gasteiger partial charge in [0.05, 0.1) is 24.6 Å². The number of halogens is 1. The number of methoxy groups -OCH3 is 2. The smallest absolute Gasteiger partial charge is 0.250 e. The number of rotatable bonds is 10. The molecule has 1 aromatic heterocycles. The van der Waals surface area contributed by atoms with Crippen LogP contribution < -0.4 is 14.2 Å². The number of ether oxygens (including phenoxy) is 2. The third-order valence-corrected chi connectivity index (χ3v) is 8.98. The highest BCUT2D eigenvalue weighted by Gasteiger charge is 2.45. The highest BCUT2D eigenvalue weighted by atomic mass is 35.5. The van der Waals surface area contributed by atoms with Gasteiger partial charge in [-0.05, 0) is 53.4 Å². The van der Waals surface area contributed by atoms with Crippen LogP contribution in [-0.4, -0.2) is 33.8 Å².